The van der Waals surface area contributed by atoms with E-state index in [-0.39, 0.29) is 6.42 Å². The van der Waals surface area contributed by atoms with Crippen LogP contribution in [0.1, 0.15) is 54.3 Å². The number of amides is 1. The lowest BCUT2D eigenvalue weighted by molar-refractivity contribution is -0.139. The van der Waals surface area contributed by atoms with Crippen LogP contribution in [-0.4, -0.2) is 44.6 Å². The average molecular weight is 595 g/mol. The standard InChI is InChI=1S/C34H34N4O4S/c1-2-3-4-5-6-18-42-28-15-13-24(14-16-28)27-21-36-31(37-22-27)25-11-9-23(10-12-25)19-29(34(40)41)38-32(39)30-20-26-8-7-17-35-33(26)43-30/h7-17,20-22,29H,2-6,18-19H2,1H3,(H,38,39)(H,40,41). The normalized spacial score (nSPS) is 11.7. The van der Waals surface area contributed by atoms with Crippen LogP contribution >= 0.6 is 11.3 Å². The SMILES string of the molecule is CCCCCCCOc1ccc(-c2cnc(-c3ccc(CC(NC(=O)c4cc5cccnc5s4)C(=O)O)cc3)nc2)cc1. The highest BCUT2D eigenvalue weighted by Gasteiger charge is 2.22. The van der Waals surface area contributed by atoms with Gasteiger partial charge in [-0.15, -0.1) is 11.3 Å². The monoisotopic (exact) mass is 594 g/mol. The number of aromatic nitrogens is 3. The first-order chi connectivity index (χ1) is 21.0. The molecule has 8 nitrogen and oxygen atoms in total. The summed E-state index contributed by atoms with van der Waals surface area (Å²) in [6.07, 6.45) is 11.4. The van der Waals surface area contributed by atoms with E-state index in [1.54, 1.807) is 30.7 Å². The van der Waals surface area contributed by atoms with Crippen molar-refractivity contribution in [3.63, 3.8) is 0 Å². The van der Waals surface area contributed by atoms with Crippen LogP contribution in [0.15, 0.2) is 85.3 Å². The number of hydrogen-bond acceptors (Lipinski definition) is 7. The largest absolute Gasteiger partial charge is 0.494 e. The molecule has 0 aliphatic rings. The van der Waals surface area contributed by atoms with Gasteiger partial charge in [-0.3, -0.25) is 4.79 Å². The Labute approximate surface area is 254 Å². The summed E-state index contributed by atoms with van der Waals surface area (Å²) < 4.78 is 5.86. The second-order valence-corrected chi connectivity index (χ2v) is 11.4. The molecule has 220 valence electrons. The number of benzene rings is 2. The number of nitrogens with one attached hydrogen (secondary N) is 1. The fourth-order valence-corrected chi connectivity index (χ4v) is 5.61. The van der Waals surface area contributed by atoms with E-state index < -0.39 is 17.9 Å². The van der Waals surface area contributed by atoms with Crippen LogP contribution in [0.2, 0.25) is 0 Å². The number of unbranched alkanes of at least 4 members (excludes halogenated alkanes) is 4. The van der Waals surface area contributed by atoms with E-state index in [2.05, 4.69) is 27.2 Å². The Kier molecular flexibility index (Phi) is 10.1. The van der Waals surface area contributed by atoms with Crippen molar-refractivity contribution in [2.45, 2.75) is 51.5 Å². The molecule has 1 amide bonds. The van der Waals surface area contributed by atoms with E-state index in [0.717, 1.165) is 51.2 Å². The minimum absolute atomic E-state index is 0.142. The third-order valence-corrected chi connectivity index (χ3v) is 8.19. The number of thiophene rings is 1. The van der Waals surface area contributed by atoms with Crippen LogP contribution in [0.4, 0.5) is 0 Å². The van der Waals surface area contributed by atoms with Crippen molar-refractivity contribution < 1.29 is 19.4 Å². The van der Waals surface area contributed by atoms with Crippen LogP contribution in [0.3, 0.4) is 0 Å². The molecule has 1 unspecified atom stereocenters. The Bertz CT molecular complexity index is 1620. The predicted molar refractivity (Wildman–Crippen MR) is 169 cm³/mol. The molecule has 9 heteroatoms. The third kappa shape index (κ3) is 8.02. The first-order valence-corrected chi connectivity index (χ1v) is 15.3. The smallest absolute Gasteiger partial charge is 0.326 e. The topological polar surface area (TPSA) is 114 Å². The fourth-order valence-electron chi connectivity index (χ4n) is 4.71. The number of hydrogen-bond donors (Lipinski definition) is 2. The number of pyridine rings is 1. The Morgan fingerprint density at radius 1 is 0.884 bits per heavy atom. The number of rotatable bonds is 14. The molecule has 2 N–H and O–H groups in total. The third-order valence-electron chi connectivity index (χ3n) is 7.13. The van der Waals surface area contributed by atoms with Crippen LogP contribution in [0, 0.1) is 0 Å². The summed E-state index contributed by atoms with van der Waals surface area (Å²) in [4.78, 5) is 39.2. The summed E-state index contributed by atoms with van der Waals surface area (Å²) in [7, 11) is 0. The van der Waals surface area contributed by atoms with Crippen molar-refractivity contribution in [3.8, 4) is 28.3 Å². The highest BCUT2D eigenvalue weighted by molar-refractivity contribution is 7.20. The molecule has 3 aromatic heterocycles. The molecule has 0 bridgehead atoms. The predicted octanol–water partition coefficient (Wildman–Crippen LogP) is 7.20. The average Bonchev–Trinajstić information content (AvgIpc) is 3.48. The summed E-state index contributed by atoms with van der Waals surface area (Å²) >= 11 is 1.23. The summed E-state index contributed by atoms with van der Waals surface area (Å²) in [6.45, 7) is 2.95. The van der Waals surface area contributed by atoms with Gasteiger partial charge in [0.15, 0.2) is 5.82 Å². The van der Waals surface area contributed by atoms with E-state index in [1.807, 2.05) is 54.6 Å². The number of carboxylic acids is 1. The molecule has 5 rings (SSSR count). The Morgan fingerprint density at radius 2 is 1.60 bits per heavy atom. The van der Waals surface area contributed by atoms with Crippen LogP contribution in [0.5, 0.6) is 5.75 Å². The number of ether oxygens (including phenoxy) is 1. The zero-order valence-corrected chi connectivity index (χ0v) is 24.8. The van der Waals surface area contributed by atoms with Gasteiger partial charge in [0.2, 0.25) is 0 Å². The molecule has 0 saturated heterocycles. The minimum Gasteiger partial charge on any atom is -0.494 e. The lowest BCUT2D eigenvalue weighted by Crippen LogP contribution is -2.42. The molecule has 0 radical (unpaired) electrons. The first kappa shape index (κ1) is 29.8. The van der Waals surface area contributed by atoms with Gasteiger partial charge in [-0.1, -0.05) is 75.1 Å². The molecule has 43 heavy (non-hydrogen) atoms. The van der Waals surface area contributed by atoms with Gasteiger partial charge in [0, 0.05) is 41.5 Å². The van der Waals surface area contributed by atoms with Gasteiger partial charge < -0.3 is 15.2 Å². The van der Waals surface area contributed by atoms with E-state index in [0.29, 0.717) is 10.7 Å². The van der Waals surface area contributed by atoms with Crippen molar-refractivity contribution in [1.82, 2.24) is 20.3 Å². The minimum atomic E-state index is -1.10. The Morgan fingerprint density at radius 3 is 2.30 bits per heavy atom. The number of nitrogens with zero attached hydrogens (tertiary/aromatic N) is 3. The second kappa shape index (κ2) is 14.5. The Hall–Kier alpha value is -4.63. The maximum atomic E-state index is 12.8. The zero-order valence-electron chi connectivity index (χ0n) is 24.0. The highest BCUT2D eigenvalue weighted by Crippen LogP contribution is 2.25. The maximum Gasteiger partial charge on any atom is 0.326 e. The molecular weight excluding hydrogens is 560 g/mol. The van der Waals surface area contributed by atoms with Crippen molar-refractivity contribution in [1.29, 1.82) is 0 Å². The Balaban J connectivity index is 1.16. The molecule has 1 atom stereocenters. The van der Waals surface area contributed by atoms with Gasteiger partial charge >= 0.3 is 5.97 Å². The molecule has 0 fully saturated rings. The molecular formula is C34H34N4O4S. The quantitative estimate of drug-likeness (QED) is 0.131. The van der Waals surface area contributed by atoms with Gasteiger partial charge in [-0.25, -0.2) is 19.7 Å². The van der Waals surface area contributed by atoms with Crippen molar-refractivity contribution >= 4 is 33.4 Å². The van der Waals surface area contributed by atoms with Crippen LogP contribution < -0.4 is 10.1 Å². The fraction of sp³-hybridized carbons (Fsp3) is 0.265. The van der Waals surface area contributed by atoms with Crippen molar-refractivity contribution in [2.24, 2.45) is 0 Å². The molecule has 5 aromatic rings. The number of carbonyl (C=O) groups excluding carboxylic acids is 1. The van der Waals surface area contributed by atoms with Crippen LogP contribution in [-0.2, 0) is 11.2 Å². The number of aliphatic carboxylic acids is 1. The molecule has 0 saturated carbocycles. The van der Waals surface area contributed by atoms with Crippen LogP contribution in [0.25, 0.3) is 32.7 Å². The van der Waals surface area contributed by atoms with Gasteiger partial charge in [-0.2, -0.15) is 0 Å². The van der Waals surface area contributed by atoms with Gasteiger partial charge in [0.05, 0.1) is 11.5 Å². The highest BCUT2D eigenvalue weighted by atomic mass is 32.1. The number of carboxylic acid groups (broad SMARTS) is 1. The van der Waals surface area contributed by atoms with E-state index in [4.69, 9.17) is 4.74 Å². The number of fused-ring (bicyclic) bond motifs is 1. The van der Waals surface area contributed by atoms with E-state index >= 15 is 0 Å². The van der Waals surface area contributed by atoms with Crippen molar-refractivity contribution in [2.75, 3.05) is 6.61 Å². The summed E-state index contributed by atoms with van der Waals surface area (Å²) in [5, 5.41) is 13.3. The summed E-state index contributed by atoms with van der Waals surface area (Å²) in [6, 6.07) is 19.7. The van der Waals surface area contributed by atoms with Crippen molar-refractivity contribution in [3.05, 3.63) is 95.8 Å². The van der Waals surface area contributed by atoms with E-state index in [1.165, 1.54) is 37.0 Å². The molecule has 0 aliphatic heterocycles. The van der Waals surface area contributed by atoms with E-state index in [9.17, 15) is 14.7 Å². The molecule has 0 spiro atoms. The molecule has 2 aromatic carbocycles. The molecule has 3 heterocycles. The first-order valence-electron chi connectivity index (χ1n) is 14.5. The van der Waals surface area contributed by atoms with Gasteiger partial charge in [-0.05, 0) is 41.8 Å². The summed E-state index contributed by atoms with van der Waals surface area (Å²) in [5.74, 6) is -0.100. The lowest BCUT2D eigenvalue weighted by atomic mass is 10.0. The van der Waals surface area contributed by atoms with Gasteiger partial charge in [0.25, 0.3) is 5.91 Å². The summed E-state index contributed by atoms with van der Waals surface area (Å²) in [5.41, 5.74) is 3.49. The zero-order chi connectivity index (χ0) is 30.0. The molecule has 0 aliphatic carbocycles. The second-order valence-electron chi connectivity index (χ2n) is 10.4. The van der Waals surface area contributed by atoms with Gasteiger partial charge in [0.1, 0.15) is 16.6 Å². The maximum absolute atomic E-state index is 12.8. The lowest BCUT2D eigenvalue weighted by Gasteiger charge is -2.14. The number of carbonyl (C=O) groups is 2.